The van der Waals surface area contributed by atoms with Crippen LogP contribution < -0.4 is 4.72 Å². The third kappa shape index (κ3) is 3.52. The standard InChI is InChI=1S/C14H17ClN2O3S/c1-9-8-11-4-3-5-12(13(11)16-14(9)15)21(19,20)17-10(2)6-7-18/h3-5,8,10,17-18H,6-7H2,1-2H3. The number of hydrogen-bond acceptors (Lipinski definition) is 4. The molecule has 0 aliphatic heterocycles. The molecule has 2 aromatic rings. The molecule has 2 N–H and O–H groups in total. The van der Waals surface area contributed by atoms with Crippen molar-refractivity contribution >= 4 is 32.5 Å². The van der Waals surface area contributed by atoms with Crippen LogP contribution in [0.4, 0.5) is 0 Å². The normalized spacial score (nSPS) is 13.5. The molecular weight excluding hydrogens is 312 g/mol. The van der Waals surface area contributed by atoms with E-state index in [1.807, 2.05) is 6.92 Å². The maximum Gasteiger partial charge on any atom is 0.242 e. The molecular formula is C14H17ClN2O3S. The lowest BCUT2D eigenvalue weighted by molar-refractivity contribution is 0.275. The highest BCUT2D eigenvalue weighted by atomic mass is 35.5. The number of rotatable bonds is 5. The molecule has 0 fully saturated rings. The van der Waals surface area contributed by atoms with Gasteiger partial charge in [-0.3, -0.25) is 0 Å². The Balaban J connectivity index is 2.53. The highest BCUT2D eigenvalue weighted by Crippen LogP contribution is 2.25. The first-order valence-electron chi connectivity index (χ1n) is 6.54. The van der Waals surface area contributed by atoms with Gasteiger partial charge in [0, 0.05) is 18.0 Å². The molecule has 1 aromatic carbocycles. The lowest BCUT2D eigenvalue weighted by atomic mass is 10.2. The van der Waals surface area contributed by atoms with Gasteiger partial charge in [-0.05, 0) is 38.0 Å². The predicted octanol–water partition coefficient (Wildman–Crippen LogP) is 2.25. The van der Waals surface area contributed by atoms with Gasteiger partial charge in [0.15, 0.2) is 0 Å². The molecule has 1 aromatic heterocycles. The van der Waals surface area contributed by atoms with E-state index in [0.29, 0.717) is 11.9 Å². The third-order valence-corrected chi connectivity index (χ3v) is 5.15. The molecule has 1 heterocycles. The number of nitrogens with zero attached hydrogens (tertiary/aromatic N) is 1. The summed E-state index contributed by atoms with van der Waals surface area (Å²) in [6.07, 6.45) is 0.345. The predicted molar refractivity (Wildman–Crippen MR) is 83.0 cm³/mol. The molecule has 0 bridgehead atoms. The molecule has 0 aliphatic rings. The third-order valence-electron chi connectivity index (χ3n) is 3.15. The van der Waals surface area contributed by atoms with E-state index >= 15 is 0 Å². The van der Waals surface area contributed by atoms with Crippen LogP contribution in [0.25, 0.3) is 10.9 Å². The minimum Gasteiger partial charge on any atom is -0.396 e. The number of aliphatic hydroxyl groups excluding tert-OH is 1. The van der Waals surface area contributed by atoms with Crippen LogP contribution in [0.2, 0.25) is 5.15 Å². The Morgan fingerprint density at radius 2 is 2.14 bits per heavy atom. The number of aryl methyl sites for hydroxylation is 1. The van der Waals surface area contributed by atoms with Crippen molar-refractivity contribution in [1.29, 1.82) is 0 Å². The highest BCUT2D eigenvalue weighted by Gasteiger charge is 2.21. The Bertz CT molecular complexity index is 762. The van der Waals surface area contributed by atoms with Crippen LogP contribution in [0.1, 0.15) is 18.9 Å². The second-order valence-electron chi connectivity index (χ2n) is 4.96. The van der Waals surface area contributed by atoms with Crippen LogP contribution in [0.3, 0.4) is 0 Å². The Labute approximate surface area is 129 Å². The van der Waals surface area contributed by atoms with Gasteiger partial charge in [-0.15, -0.1) is 0 Å². The molecule has 7 heteroatoms. The molecule has 0 spiro atoms. The van der Waals surface area contributed by atoms with E-state index in [0.717, 1.165) is 10.9 Å². The monoisotopic (exact) mass is 328 g/mol. The first-order valence-corrected chi connectivity index (χ1v) is 8.40. The fourth-order valence-corrected chi connectivity index (χ4v) is 3.64. The highest BCUT2D eigenvalue weighted by molar-refractivity contribution is 7.89. The first-order chi connectivity index (χ1) is 9.85. The van der Waals surface area contributed by atoms with E-state index in [4.69, 9.17) is 16.7 Å². The topological polar surface area (TPSA) is 79.3 Å². The Morgan fingerprint density at radius 1 is 1.43 bits per heavy atom. The maximum absolute atomic E-state index is 12.5. The summed E-state index contributed by atoms with van der Waals surface area (Å²) < 4.78 is 27.4. The number of fused-ring (bicyclic) bond motifs is 1. The molecule has 114 valence electrons. The van der Waals surface area contributed by atoms with Crippen molar-refractivity contribution in [3.8, 4) is 0 Å². The number of benzene rings is 1. The van der Waals surface area contributed by atoms with E-state index in [9.17, 15) is 8.42 Å². The summed E-state index contributed by atoms with van der Waals surface area (Å²) in [5.74, 6) is 0. The number of halogens is 1. The minimum absolute atomic E-state index is 0.0809. The molecule has 0 radical (unpaired) electrons. The molecule has 1 unspecified atom stereocenters. The molecule has 0 aliphatic carbocycles. The molecule has 5 nitrogen and oxygen atoms in total. The number of pyridine rings is 1. The zero-order chi connectivity index (χ0) is 15.6. The van der Waals surface area contributed by atoms with Crippen molar-refractivity contribution in [3.63, 3.8) is 0 Å². The fourth-order valence-electron chi connectivity index (χ4n) is 2.05. The summed E-state index contributed by atoms with van der Waals surface area (Å²) >= 11 is 6.01. The average molecular weight is 329 g/mol. The van der Waals surface area contributed by atoms with Crippen molar-refractivity contribution in [3.05, 3.63) is 35.0 Å². The molecule has 0 saturated carbocycles. The van der Waals surface area contributed by atoms with Crippen LogP contribution in [0, 0.1) is 6.92 Å². The van der Waals surface area contributed by atoms with Crippen molar-refractivity contribution in [2.75, 3.05) is 6.61 Å². The largest absolute Gasteiger partial charge is 0.396 e. The smallest absolute Gasteiger partial charge is 0.242 e. The Hall–Kier alpha value is -1.21. The number of para-hydroxylation sites is 1. The van der Waals surface area contributed by atoms with E-state index in [-0.39, 0.29) is 22.7 Å². The second kappa shape index (κ2) is 6.27. The molecule has 1 atom stereocenters. The fraction of sp³-hybridized carbons (Fsp3) is 0.357. The van der Waals surface area contributed by atoms with Gasteiger partial charge in [0.05, 0.1) is 5.52 Å². The minimum atomic E-state index is -3.72. The van der Waals surface area contributed by atoms with Crippen LogP contribution in [-0.4, -0.2) is 31.2 Å². The first kappa shape index (κ1) is 16.2. The van der Waals surface area contributed by atoms with Crippen molar-refractivity contribution in [2.45, 2.75) is 31.2 Å². The van der Waals surface area contributed by atoms with Crippen molar-refractivity contribution in [1.82, 2.24) is 9.71 Å². The second-order valence-corrected chi connectivity index (χ2v) is 7.00. The van der Waals surface area contributed by atoms with Crippen LogP contribution in [-0.2, 0) is 10.0 Å². The summed E-state index contributed by atoms with van der Waals surface area (Å²) in [7, 11) is -3.72. The number of sulfonamides is 1. The number of nitrogens with one attached hydrogen (secondary N) is 1. The zero-order valence-electron chi connectivity index (χ0n) is 11.8. The van der Waals surface area contributed by atoms with E-state index < -0.39 is 10.0 Å². The lowest BCUT2D eigenvalue weighted by Gasteiger charge is -2.14. The molecule has 0 amide bonds. The van der Waals surface area contributed by atoms with Gasteiger partial charge < -0.3 is 5.11 Å². The van der Waals surface area contributed by atoms with Gasteiger partial charge in [0.2, 0.25) is 10.0 Å². The van der Waals surface area contributed by atoms with Crippen LogP contribution >= 0.6 is 11.6 Å². The summed E-state index contributed by atoms with van der Waals surface area (Å²) in [6.45, 7) is 3.43. The van der Waals surface area contributed by atoms with Gasteiger partial charge in [-0.2, -0.15) is 0 Å². The summed E-state index contributed by atoms with van der Waals surface area (Å²) in [5, 5.41) is 9.88. The SMILES string of the molecule is Cc1cc2cccc(S(=O)(=O)NC(C)CCO)c2nc1Cl. The van der Waals surface area contributed by atoms with Gasteiger partial charge >= 0.3 is 0 Å². The number of aliphatic hydroxyl groups is 1. The Kier molecular flexibility index (Phi) is 4.83. The zero-order valence-corrected chi connectivity index (χ0v) is 13.4. The number of aromatic nitrogens is 1. The van der Waals surface area contributed by atoms with Gasteiger partial charge in [0.1, 0.15) is 10.0 Å². The summed E-state index contributed by atoms with van der Waals surface area (Å²) in [6, 6.07) is 6.40. The lowest BCUT2D eigenvalue weighted by Crippen LogP contribution is -2.33. The van der Waals surface area contributed by atoms with Crippen molar-refractivity contribution in [2.24, 2.45) is 0 Å². The van der Waals surface area contributed by atoms with E-state index in [2.05, 4.69) is 9.71 Å². The van der Waals surface area contributed by atoms with Gasteiger partial charge in [0.25, 0.3) is 0 Å². The quantitative estimate of drug-likeness (QED) is 0.825. The van der Waals surface area contributed by atoms with Crippen molar-refractivity contribution < 1.29 is 13.5 Å². The molecule has 2 rings (SSSR count). The molecule has 0 saturated heterocycles. The van der Waals surface area contributed by atoms with E-state index in [1.165, 1.54) is 6.07 Å². The average Bonchev–Trinajstić information content (AvgIpc) is 2.39. The summed E-state index contributed by atoms with van der Waals surface area (Å²) in [5.41, 5.74) is 1.14. The van der Waals surface area contributed by atoms with E-state index in [1.54, 1.807) is 25.1 Å². The Morgan fingerprint density at radius 3 is 2.81 bits per heavy atom. The summed E-state index contributed by atoms with van der Waals surface area (Å²) in [4.78, 5) is 4.28. The number of hydrogen-bond donors (Lipinski definition) is 2. The maximum atomic E-state index is 12.5. The molecule has 21 heavy (non-hydrogen) atoms. The van der Waals surface area contributed by atoms with Gasteiger partial charge in [-0.1, -0.05) is 23.7 Å². The van der Waals surface area contributed by atoms with Crippen LogP contribution in [0.5, 0.6) is 0 Å². The van der Waals surface area contributed by atoms with Crippen LogP contribution in [0.15, 0.2) is 29.2 Å². The van der Waals surface area contributed by atoms with Gasteiger partial charge in [-0.25, -0.2) is 18.1 Å².